The van der Waals surface area contributed by atoms with Gasteiger partial charge in [0.1, 0.15) is 22.1 Å². The van der Waals surface area contributed by atoms with E-state index in [-0.39, 0.29) is 10.6 Å². The Morgan fingerprint density at radius 2 is 1.62 bits per heavy atom. The van der Waals surface area contributed by atoms with Crippen LogP contribution in [0.1, 0.15) is 18.4 Å². The molecule has 0 atom stereocenters. The molecule has 2 rings (SSSR count). The molecule has 0 saturated carbocycles. The van der Waals surface area contributed by atoms with Crippen LogP contribution in [0.3, 0.4) is 0 Å². The Kier molecular flexibility index (Phi) is 7.29. The molecule has 0 fully saturated rings. The highest BCUT2D eigenvalue weighted by Crippen LogP contribution is 2.28. The number of nitrogens with one attached hydrogen (secondary N) is 1. The number of hydrogen-bond acceptors (Lipinski definition) is 5. The van der Waals surface area contributed by atoms with Gasteiger partial charge in [-0.25, -0.2) is 13.1 Å². The third-order valence-corrected chi connectivity index (χ3v) is 5.52. The molecule has 0 bridgehead atoms. The number of benzene rings is 2. The summed E-state index contributed by atoms with van der Waals surface area (Å²) in [5, 5.41) is 0. The van der Waals surface area contributed by atoms with Gasteiger partial charge in [0.2, 0.25) is 10.0 Å². The van der Waals surface area contributed by atoms with Crippen LogP contribution in [-0.2, 0) is 16.4 Å². The molecule has 2 aromatic rings. The smallest absolute Gasteiger partial charge is 0.244 e. The molecule has 0 radical (unpaired) electrons. The fraction of sp³-hybridized carbons (Fsp3) is 0.368. The average molecular weight is 379 g/mol. The largest absolute Gasteiger partial charge is 0.497 e. The van der Waals surface area contributed by atoms with Crippen LogP contribution in [0.25, 0.3) is 0 Å². The molecule has 26 heavy (non-hydrogen) atoms. The fourth-order valence-corrected chi connectivity index (χ4v) is 3.85. The molecule has 1 N–H and O–H groups in total. The van der Waals surface area contributed by atoms with Crippen molar-refractivity contribution in [1.82, 2.24) is 4.72 Å². The number of sulfonamides is 1. The molecule has 0 aromatic heterocycles. The van der Waals surface area contributed by atoms with Crippen molar-refractivity contribution in [3.63, 3.8) is 0 Å². The van der Waals surface area contributed by atoms with Crippen LogP contribution in [0.15, 0.2) is 47.4 Å². The van der Waals surface area contributed by atoms with Gasteiger partial charge >= 0.3 is 0 Å². The van der Waals surface area contributed by atoms with E-state index in [9.17, 15) is 8.42 Å². The van der Waals surface area contributed by atoms with E-state index in [1.165, 1.54) is 20.3 Å². The Hall–Kier alpha value is -2.25. The summed E-state index contributed by atoms with van der Waals surface area (Å²) in [4.78, 5) is 0.102. The predicted molar refractivity (Wildman–Crippen MR) is 101 cm³/mol. The summed E-state index contributed by atoms with van der Waals surface area (Å²) in [6, 6.07) is 12.5. The molecular formula is C19H25NO5S. The molecule has 142 valence electrons. The van der Waals surface area contributed by atoms with Gasteiger partial charge in [0.25, 0.3) is 0 Å². The van der Waals surface area contributed by atoms with E-state index >= 15 is 0 Å². The van der Waals surface area contributed by atoms with Crippen molar-refractivity contribution in [1.29, 1.82) is 0 Å². The molecule has 0 aliphatic heterocycles. The fourth-order valence-electron chi connectivity index (χ4n) is 2.63. The number of rotatable bonds is 10. The molecule has 0 heterocycles. The number of unbranched alkanes of at least 4 members (excludes halogenated alkanes) is 1. The number of ether oxygens (including phenoxy) is 3. The third kappa shape index (κ3) is 5.12. The SMILES string of the molecule is COc1ccc(S(=O)(=O)NCCCCc2ccccc2OC)c(OC)c1. The van der Waals surface area contributed by atoms with Gasteiger partial charge in [-0.2, -0.15) is 0 Å². The van der Waals surface area contributed by atoms with Crippen molar-refractivity contribution in [2.24, 2.45) is 0 Å². The van der Waals surface area contributed by atoms with Gasteiger partial charge in [-0.05, 0) is 43.0 Å². The maximum absolute atomic E-state index is 12.5. The minimum Gasteiger partial charge on any atom is -0.497 e. The Morgan fingerprint density at radius 1 is 0.885 bits per heavy atom. The van der Waals surface area contributed by atoms with Crippen molar-refractivity contribution < 1.29 is 22.6 Å². The van der Waals surface area contributed by atoms with Gasteiger partial charge in [0, 0.05) is 12.6 Å². The first-order valence-electron chi connectivity index (χ1n) is 8.35. The van der Waals surface area contributed by atoms with Crippen LogP contribution in [0.2, 0.25) is 0 Å². The maximum atomic E-state index is 12.5. The van der Waals surface area contributed by atoms with E-state index in [4.69, 9.17) is 14.2 Å². The minimum absolute atomic E-state index is 0.102. The van der Waals surface area contributed by atoms with Gasteiger partial charge < -0.3 is 14.2 Å². The molecule has 0 aliphatic carbocycles. The standard InChI is InChI=1S/C19H25NO5S/c1-23-16-11-12-19(18(14-16)25-3)26(21,22)20-13-7-6-9-15-8-4-5-10-17(15)24-2/h4-5,8,10-12,14,20H,6-7,9,13H2,1-3H3. The summed E-state index contributed by atoms with van der Waals surface area (Å²) in [5.74, 6) is 1.65. The summed E-state index contributed by atoms with van der Waals surface area (Å²) in [6.45, 7) is 0.354. The Morgan fingerprint density at radius 3 is 2.31 bits per heavy atom. The molecule has 7 heteroatoms. The van der Waals surface area contributed by atoms with Crippen LogP contribution < -0.4 is 18.9 Å². The summed E-state index contributed by atoms with van der Waals surface area (Å²) in [7, 11) is 0.955. The van der Waals surface area contributed by atoms with Crippen LogP contribution in [0, 0.1) is 0 Å². The lowest BCUT2D eigenvalue weighted by atomic mass is 10.1. The zero-order chi connectivity index (χ0) is 19.0. The normalized spacial score (nSPS) is 11.2. The second-order valence-corrected chi connectivity index (χ2v) is 7.42. The average Bonchev–Trinajstić information content (AvgIpc) is 2.67. The third-order valence-electron chi connectivity index (χ3n) is 4.02. The quantitative estimate of drug-likeness (QED) is 0.643. The number of methoxy groups -OCH3 is 3. The Labute approximate surface area is 155 Å². The molecule has 0 spiro atoms. The minimum atomic E-state index is -3.64. The molecule has 0 saturated heterocycles. The summed E-state index contributed by atoms with van der Waals surface area (Å²) >= 11 is 0. The molecule has 6 nitrogen and oxygen atoms in total. The van der Waals surface area contributed by atoms with Gasteiger partial charge in [-0.3, -0.25) is 0 Å². The summed E-state index contributed by atoms with van der Waals surface area (Å²) < 4.78 is 43.2. The van der Waals surface area contributed by atoms with Crippen LogP contribution in [-0.4, -0.2) is 36.3 Å². The van der Waals surface area contributed by atoms with E-state index in [0.717, 1.165) is 30.6 Å². The lowest BCUT2D eigenvalue weighted by molar-refractivity contribution is 0.386. The second kappa shape index (κ2) is 9.45. The van der Waals surface area contributed by atoms with E-state index in [1.807, 2.05) is 24.3 Å². The first-order valence-corrected chi connectivity index (χ1v) is 9.83. The van der Waals surface area contributed by atoms with Gasteiger partial charge in [0.15, 0.2) is 0 Å². The predicted octanol–water partition coefficient (Wildman–Crippen LogP) is 3.01. The molecule has 0 unspecified atom stereocenters. The van der Waals surface area contributed by atoms with Crippen LogP contribution in [0.5, 0.6) is 17.2 Å². The van der Waals surface area contributed by atoms with Gasteiger partial charge in [-0.1, -0.05) is 18.2 Å². The van der Waals surface area contributed by atoms with Crippen LogP contribution >= 0.6 is 0 Å². The second-order valence-electron chi connectivity index (χ2n) is 5.68. The summed E-state index contributed by atoms with van der Waals surface area (Å²) in [6.07, 6.45) is 2.40. The van der Waals surface area contributed by atoms with Crippen molar-refractivity contribution in [3.05, 3.63) is 48.0 Å². The zero-order valence-electron chi connectivity index (χ0n) is 15.3. The van der Waals surface area contributed by atoms with Crippen molar-refractivity contribution in [2.75, 3.05) is 27.9 Å². The lowest BCUT2D eigenvalue weighted by Gasteiger charge is -2.12. The highest BCUT2D eigenvalue weighted by Gasteiger charge is 2.19. The van der Waals surface area contributed by atoms with E-state index in [1.54, 1.807) is 19.2 Å². The van der Waals surface area contributed by atoms with Gasteiger partial charge in [-0.15, -0.1) is 0 Å². The van der Waals surface area contributed by atoms with E-state index < -0.39 is 10.0 Å². The maximum Gasteiger partial charge on any atom is 0.244 e. The number of aryl methyl sites for hydroxylation is 1. The Balaban J connectivity index is 1.90. The van der Waals surface area contributed by atoms with E-state index in [2.05, 4.69) is 4.72 Å². The number of para-hydroxylation sites is 1. The van der Waals surface area contributed by atoms with E-state index in [0.29, 0.717) is 12.3 Å². The highest BCUT2D eigenvalue weighted by molar-refractivity contribution is 7.89. The lowest BCUT2D eigenvalue weighted by Crippen LogP contribution is -2.25. The van der Waals surface area contributed by atoms with Crippen molar-refractivity contribution in [2.45, 2.75) is 24.2 Å². The molecule has 0 amide bonds. The Bertz CT molecular complexity index is 820. The molecule has 0 aliphatic rings. The first kappa shape index (κ1) is 20.1. The molecule has 2 aromatic carbocycles. The zero-order valence-corrected chi connectivity index (χ0v) is 16.1. The molecular weight excluding hydrogens is 354 g/mol. The monoisotopic (exact) mass is 379 g/mol. The van der Waals surface area contributed by atoms with Crippen LogP contribution in [0.4, 0.5) is 0 Å². The van der Waals surface area contributed by atoms with Crippen molar-refractivity contribution in [3.8, 4) is 17.2 Å². The summed E-state index contributed by atoms with van der Waals surface area (Å²) in [5.41, 5.74) is 1.12. The first-order chi connectivity index (χ1) is 12.5. The number of hydrogen-bond donors (Lipinski definition) is 1. The topological polar surface area (TPSA) is 73.9 Å². The van der Waals surface area contributed by atoms with Crippen molar-refractivity contribution >= 4 is 10.0 Å². The highest BCUT2D eigenvalue weighted by atomic mass is 32.2. The van der Waals surface area contributed by atoms with Gasteiger partial charge in [0.05, 0.1) is 21.3 Å².